The van der Waals surface area contributed by atoms with E-state index >= 15 is 0 Å². The summed E-state index contributed by atoms with van der Waals surface area (Å²) in [6.45, 7) is 1.35. The van der Waals surface area contributed by atoms with E-state index in [-0.39, 0.29) is 11.3 Å². The lowest BCUT2D eigenvalue weighted by molar-refractivity contribution is -0.129. The van der Waals surface area contributed by atoms with Crippen LogP contribution in [0, 0.1) is 0 Å². The van der Waals surface area contributed by atoms with Crippen LogP contribution in [0.15, 0.2) is 59.4 Å². The fraction of sp³-hybridized carbons (Fsp3) is 0.150. The molecule has 9 heteroatoms. The van der Waals surface area contributed by atoms with Crippen LogP contribution in [0.2, 0.25) is 0 Å². The highest BCUT2D eigenvalue weighted by molar-refractivity contribution is 6.03. The van der Waals surface area contributed by atoms with E-state index in [9.17, 15) is 19.2 Å². The van der Waals surface area contributed by atoms with Gasteiger partial charge in [0.2, 0.25) is 0 Å². The van der Waals surface area contributed by atoms with E-state index in [0.717, 1.165) is 4.68 Å². The maximum absolute atomic E-state index is 12.5. The first-order valence-electron chi connectivity index (χ1n) is 8.70. The van der Waals surface area contributed by atoms with Gasteiger partial charge in [-0.2, -0.15) is 5.10 Å². The predicted molar refractivity (Wildman–Crippen MR) is 104 cm³/mol. The molecule has 0 radical (unpaired) electrons. The summed E-state index contributed by atoms with van der Waals surface area (Å²) < 4.78 is 6.19. The molecule has 0 aliphatic carbocycles. The number of carbonyl (C=O) groups excluding carboxylic acids is 3. The predicted octanol–water partition coefficient (Wildman–Crippen LogP) is 0.940. The van der Waals surface area contributed by atoms with Crippen LogP contribution in [0.5, 0.6) is 0 Å². The maximum Gasteiger partial charge on any atom is 0.360 e. The third-order valence-electron chi connectivity index (χ3n) is 4.14. The van der Waals surface area contributed by atoms with Gasteiger partial charge in [0.1, 0.15) is 0 Å². The molecule has 0 spiro atoms. The molecule has 148 valence electrons. The van der Waals surface area contributed by atoms with Crippen molar-refractivity contribution in [2.24, 2.45) is 7.05 Å². The van der Waals surface area contributed by atoms with Gasteiger partial charge < -0.3 is 4.74 Å². The zero-order chi connectivity index (χ0) is 21.0. The average Bonchev–Trinajstić information content (AvgIpc) is 2.74. The summed E-state index contributed by atoms with van der Waals surface area (Å²) in [7, 11) is 1.42. The van der Waals surface area contributed by atoms with Crippen molar-refractivity contribution in [3.8, 4) is 0 Å². The summed E-state index contributed by atoms with van der Waals surface area (Å²) in [5.41, 5.74) is 4.37. The number of ether oxygens (including phenoxy) is 1. The van der Waals surface area contributed by atoms with Gasteiger partial charge in [-0.05, 0) is 25.1 Å². The highest BCUT2D eigenvalue weighted by Crippen LogP contribution is 2.14. The van der Waals surface area contributed by atoms with Crippen molar-refractivity contribution in [1.82, 2.24) is 20.6 Å². The normalized spacial score (nSPS) is 11.5. The molecule has 0 aliphatic rings. The molecule has 1 aromatic heterocycles. The minimum Gasteiger partial charge on any atom is -0.448 e. The zero-order valence-electron chi connectivity index (χ0n) is 15.7. The number of nitrogens with zero attached hydrogens (tertiary/aromatic N) is 2. The third-order valence-corrected chi connectivity index (χ3v) is 4.14. The highest BCUT2D eigenvalue weighted by Gasteiger charge is 2.23. The zero-order valence-corrected chi connectivity index (χ0v) is 15.7. The molecule has 2 N–H and O–H groups in total. The Hall–Kier alpha value is -4.01. The molecular weight excluding hydrogens is 376 g/mol. The number of amides is 2. The van der Waals surface area contributed by atoms with E-state index in [1.165, 1.54) is 14.0 Å². The Morgan fingerprint density at radius 1 is 0.966 bits per heavy atom. The van der Waals surface area contributed by atoms with Crippen LogP contribution >= 0.6 is 0 Å². The number of hydrazine groups is 1. The molecule has 3 aromatic rings. The summed E-state index contributed by atoms with van der Waals surface area (Å²) >= 11 is 0. The first kappa shape index (κ1) is 19.7. The second-order valence-electron chi connectivity index (χ2n) is 6.18. The van der Waals surface area contributed by atoms with E-state index in [2.05, 4.69) is 16.0 Å². The van der Waals surface area contributed by atoms with Crippen LogP contribution in [0.25, 0.3) is 10.8 Å². The van der Waals surface area contributed by atoms with Gasteiger partial charge in [-0.1, -0.05) is 36.4 Å². The highest BCUT2D eigenvalue weighted by atomic mass is 16.5. The number of nitrogens with one attached hydrogen (secondary N) is 2. The van der Waals surface area contributed by atoms with Crippen molar-refractivity contribution in [2.75, 3.05) is 0 Å². The number of fused-ring (bicyclic) bond motifs is 1. The van der Waals surface area contributed by atoms with Gasteiger partial charge in [0.05, 0.1) is 5.39 Å². The lowest BCUT2D eigenvalue weighted by Crippen LogP contribution is -2.46. The van der Waals surface area contributed by atoms with E-state index in [4.69, 9.17) is 4.74 Å². The smallest absolute Gasteiger partial charge is 0.360 e. The van der Waals surface area contributed by atoms with Crippen LogP contribution < -0.4 is 16.4 Å². The monoisotopic (exact) mass is 394 g/mol. The minimum absolute atomic E-state index is 0.0873. The van der Waals surface area contributed by atoms with Crippen LogP contribution in [0.3, 0.4) is 0 Å². The molecule has 29 heavy (non-hydrogen) atoms. The number of hydrogen-bond acceptors (Lipinski definition) is 6. The molecule has 0 fully saturated rings. The average molecular weight is 394 g/mol. The van der Waals surface area contributed by atoms with E-state index in [1.807, 2.05) is 0 Å². The standard InChI is InChI=1S/C20H18N4O5/c1-12(17(25)21-22-18(26)13-8-4-3-5-9-13)29-20(28)16-14-10-6-7-11-15(14)19(27)24(2)23-16/h3-12H,1-2H3,(H,21,25)(H,22,26)/t12-/m1/s1. The van der Waals surface area contributed by atoms with Crippen LogP contribution in [0.1, 0.15) is 27.8 Å². The number of carbonyl (C=O) groups is 3. The summed E-state index contributed by atoms with van der Waals surface area (Å²) in [4.78, 5) is 48.8. The topological polar surface area (TPSA) is 119 Å². The largest absolute Gasteiger partial charge is 0.448 e. The molecule has 1 heterocycles. The van der Waals surface area contributed by atoms with Gasteiger partial charge in [0, 0.05) is 18.0 Å². The lowest BCUT2D eigenvalue weighted by Gasteiger charge is -2.14. The minimum atomic E-state index is -1.21. The fourth-order valence-electron chi connectivity index (χ4n) is 2.60. The summed E-state index contributed by atoms with van der Waals surface area (Å²) in [6.07, 6.45) is -1.21. The van der Waals surface area contributed by atoms with Crippen molar-refractivity contribution >= 4 is 28.6 Å². The number of benzene rings is 2. The Labute approximate surface area is 165 Å². The van der Waals surface area contributed by atoms with Gasteiger partial charge in [-0.3, -0.25) is 25.2 Å². The van der Waals surface area contributed by atoms with Crippen molar-refractivity contribution in [1.29, 1.82) is 0 Å². The van der Waals surface area contributed by atoms with E-state index in [0.29, 0.717) is 16.3 Å². The van der Waals surface area contributed by atoms with E-state index in [1.54, 1.807) is 54.6 Å². The molecule has 0 unspecified atom stereocenters. The van der Waals surface area contributed by atoms with E-state index < -0.39 is 23.9 Å². The van der Waals surface area contributed by atoms with Crippen molar-refractivity contribution < 1.29 is 19.1 Å². The molecule has 0 aliphatic heterocycles. The SMILES string of the molecule is C[C@@H](OC(=O)c1nn(C)c(=O)c2ccccc12)C(=O)NNC(=O)c1ccccc1. The second-order valence-corrected chi connectivity index (χ2v) is 6.18. The van der Waals surface area contributed by atoms with Crippen molar-refractivity contribution in [2.45, 2.75) is 13.0 Å². The molecular formula is C20H18N4O5. The van der Waals surface area contributed by atoms with Crippen LogP contribution in [-0.2, 0) is 16.6 Å². The molecule has 0 bridgehead atoms. The Bertz CT molecular complexity index is 1140. The molecule has 0 saturated heterocycles. The molecule has 2 amide bonds. The summed E-state index contributed by atoms with van der Waals surface area (Å²) in [6, 6.07) is 14.8. The Morgan fingerprint density at radius 2 is 1.59 bits per heavy atom. The van der Waals surface area contributed by atoms with Gasteiger partial charge >= 0.3 is 5.97 Å². The van der Waals surface area contributed by atoms with Crippen molar-refractivity contribution in [3.63, 3.8) is 0 Å². The molecule has 1 atom stereocenters. The van der Waals surface area contributed by atoms with Gasteiger partial charge in [0.25, 0.3) is 17.4 Å². The van der Waals surface area contributed by atoms with Crippen LogP contribution in [-0.4, -0.2) is 33.7 Å². The Morgan fingerprint density at radius 3 is 2.28 bits per heavy atom. The second kappa shape index (κ2) is 8.34. The quantitative estimate of drug-likeness (QED) is 0.502. The molecule has 0 saturated carbocycles. The number of hydrogen-bond donors (Lipinski definition) is 2. The summed E-state index contributed by atoms with van der Waals surface area (Å²) in [5.74, 6) is -2.10. The first-order valence-corrected chi connectivity index (χ1v) is 8.70. The van der Waals surface area contributed by atoms with Gasteiger partial charge in [0.15, 0.2) is 11.8 Å². The first-order chi connectivity index (χ1) is 13.9. The number of esters is 1. The van der Waals surface area contributed by atoms with Crippen LogP contribution in [0.4, 0.5) is 0 Å². The number of rotatable bonds is 4. The van der Waals surface area contributed by atoms with Gasteiger partial charge in [-0.15, -0.1) is 0 Å². The van der Waals surface area contributed by atoms with Crippen molar-refractivity contribution in [3.05, 3.63) is 76.2 Å². The number of aryl methyl sites for hydroxylation is 1. The van der Waals surface area contributed by atoms with Gasteiger partial charge in [-0.25, -0.2) is 9.48 Å². The molecule has 2 aromatic carbocycles. The molecule has 3 rings (SSSR count). The third kappa shape index (κ3) is 4.29. The fourth-order valence-corrected chi connectivity index (χ4v) is 2.60. The Balaban J connectivity index is 1.68. The lowest BCUT2D eigenvalue weighted by atomic mass is 10.1. The molecule has 9 nitrogen and oxygen atoms in total. The number of aromatic nitrogens is 2. The summed E-state index contributed by atoms with van der Waals surface area (Å²) in [5, 5.41) is 4.59. The maximum atomic E-state index is 12.5. The Kier molecular flexibility index (Phi) is 5.68.